The summed E-state index contributed by atoms with van der Waals surface area (Å²) in [5.41, 5.74) is 0.690. The molecular formula is C6H4ClN3O2. The fraction of sp³-hybridized carbons (Fsp3) is 0.167. The molecule has 2 rings (SSSR count). The lowest BCUT2D eigenvalue weighted by atomic mass is 10.4. The second-order valence-corrected chi connectivity index (χ2v) is 2.45. The lowest BCUT2D eigenvalue weighted by Crippen LogP contribution is -1.78. The van der Waals surface area contributed by atoms with Gasteiger partial charge in [-0.1, -0.05) is 5.10 Å². The van der Waals surface area contributed by atoms with E-state index in [4.69, 9.17) is 20.4 Å². The Bertz CT molecular complexity index is 395. The highest BCUT2D eigenvalue weighted by molar-refractivity contribution is 6.27. The van der Waals surface area contributed by atoms with E-state index in [-0.39, 0.29) is 11.2 Å². The van der Waals surface area contributed by atoms with Crippen LogP contribution in [0, 0.1) is 6.92 Å². The normalized spacial score (nSPS) is 10.5. The summed E-state index contributed by atoms with van der Waals surface area (Å²) in [4.78, 5) is 3.86. The molecular weight excluding hydrogens is 182 g/mol. The van der Waals surface area contributed by atoms with Crippen LogP contribution in [0.15, 0.2) is 15.2 Å². The third-order valence-corrected chi connectivity index (χ3v) is 1.49. The van der Waals surface area contributed by atoms with E-state index in [9.17, 15) is 0 Å². The van der Waals surface area contributed by atoms with Crippen LogP contribution in [-0.2, 0) is 0 Å². The van der Waals surface area contributed by atoms with Gasteiger partial charge < -0.3 is 8.83 Å². The number of halogens is 1. The van der Waals surface area contributed by atoms with E-state index in [1.54, 1.807) is 6.92 Å². The minimum absolute atomic E-state index is 0.0131. The van der Waals surface area contributed by atoms with Gasteiger partial charge in [0.1, 0.15) is 0 Å². The molecule has 0 aromatic carbocycles. The Morgan fingerprint density at radius 2 is 2.25 bits per heavy atom. The van der Waals surface area contributed by atoms with Crippen LogP contribution in [0.5, 0.6) is 0 Å². The van der Waals surface area contributed by atoms with Gasteiger partial charge in [0, 0.05) is 0 Å². The highest BCUT2D eigenvalue weighted by Gasteiger charge is 2.13. The van der Waals surface area contributed by atoms with Gasteiger partial charge in [-0.05, 0) is 18.5 Å². The zero-order chi connectivity index (χ0) is 8.55. The third kappa shape index (κ3) is 1.08. The van der Waals surface area contributed by atoms with Crippen LogP contribution in [-0.4, -0.2) is 15.2 Å². The van der Waals surface area contributed by atoms with E-state index in [1.807, 2.05) is 0 Å². The van der Waals surface area contributed by atoms with Crippen LogP contribution in [0.1, 0.15) is 5.69 Å². The maximum Gasteiger partial charge on any atom is 0.313 e. The molecule has 0 bridgehead atoms. The fourth-order valence-corrected chi connectivity index (χ4v) is 0.915. The molecule has 0 saturated heterocycles. The summed E-state index contributed by atoms with van der Waals surface area (Å²) in [6.07, 6.45) is 1.31. The van der Waals surface area contributed by atoms with Gasteiger partial charge in [0.15, 0.2) is 6.39 Å². The fourth-order valence-electron chi connectivity index (χ4n) is 0.804. The van der Waals surface area contributed by atoms with E-state index in [0.29, 0.717) is 11.5 Å². The van der Waals surface area contributed by atoms with E-state index < -0.39 is 0 Å². The van der Waals surface area contributed by atoms with Crippen molar-refractivity contribution in [2.75, 3.05) is 0 Å². The molecule has 0 spiro atoms. The van der Waals surface area contributed by atoms with Crippen molar-refractivity contribution in [3.05, 3.63) is 17.4 Å². The molecule has 0 N–H and O–H groups in total. The molecule has 0 fully saturated rings. The summed E-state index contributed by atoms with van der Waals surface area (Å²) >= 11 is 5.43. The van der Waals surface area contributed by atoms with Crippen LogP contribution in [0.2, 0.25) is 5.35 Å². The number of hydrogen-bond donors (Lipinski definition) is 0. The Morgan fingerprint density at radius 1 is 1.42 bits per heavy atom. The number of rotatable bonds is 1. The van der Waals surface area contributed by atoms with Gasteiger partial charge in [0.05, 0.1) is 5.69 Å². The standard InChI is InChI=1S/C6H4ClN3O2/c1-3-4(11-2-8-3)5-9-10-6(7)12-5/h2H,1H3. The smallest absolute Gasteiger partial charge is 0.313 e. The minimum Gasteiger partial charge on any atom is -0.438 e. The predicted octanol–water partition coefficient (Wildman–Crippen LogP) is 1.69. The summed E-state index contributed by atoms with van der Waals surface area (Å²) < 4.78 is 9.92. The highest BCUT2D eigenvalue weighted by Crippen LogP contribution is 2.21. The number of aromatic nitrogens is 3. The zero-order valence-corrected chi connectivity index (χ0v) is 6.87. The Hall–Kier alpha value is -1.36. The summed E-state index contributed by atoms with van der Waals surface area (Å²) in [6, 6.07) is 0. The number of nitrogens with zero attached hydrogens (tertiary/aromatic N) is 3. The van der Waals surface area contributed by atoms with Gasteiger partial charge in [0.2, 0.25) is 5.76 Å². The molecule has 12 heavy (non-hydrogen) atoms. The lowest BCUT2D eigenvalue weighted by molar-refractivity contribution is 0.513. The quantitative estimate of drug-likeness (QED) is 0.676. The second-order valence-electron chi connectivity index (χ2n) is 2.13. The van der Waals surface area contributed by atoms with E-state index in [2.05, 4.69) is 15.2 Å². The highest BCUT2D eigenvalue weighted by atomic mass is 35.5. The van der Waals surface area contributed by atoms with Gasteiger partial charge in [-0.25, -0.2) is 4.98 Å². The van der Waals surface area contributed by atoms with Crippen LogP contribution in [0.4, 0.5) is 0 Å². The van der Waals surface area contributed by atoms with Crippen LogP contribution in [0.25, 0.3) is 11.7 Å². The monoisotopic (exact) mass is 185 g/mol. The maximum atomic E-state index is 5.43. The average molecular weight is 186 g/mol. The summed E-state index contributed by atoms with van der Waals surface area (Å²) in [6.45, 7) is 1.77. The number of hydrogen-bond acceptors (Lipinski definition) is 5. The van der Waals surface area contributed by atoms with Crippen molar-refractivity contribution < 1.29 is 8.83 Å². The molecule has 5 nitrogen and oxygen atoms in total. The van der Waals surface area contributed by atoms with Crippen LogP contribution < -0.4 is 0 Å². The number of aryl methyl sites for hydroxylation is 1. The van der Waals surface area contributed by atoms with Gasteiger partial charge in [0.25, 0.3) is 5.89 Å². The lowest BCUT2D eigenvalue weighted by Gasteiger charge is -1.85. The Labute approximate surface area is 72.4 Å². The largest absolute Gasteiger partial charge is 0.438 e. The molecule has 0 radical (unpaired) electrons. The molecule has 0 amide bonds. The molecule has 2 aromatic rings. The first kappa shape index (κ1) is 7.30. The summed E-state index contributed by atoms with van der Waals surface area (Å²) in [5, 5.41) is 7.10. The average Bonchev–Trinajstić information content (AvgIpc) is 2.58. The zero-order valence-electron chi connectivity index (χ0n) is 6.11. The molecule has 6 heteroatoms. The van der Waals surface area contributed by atoms with Crippen molar-refractivity contribution in [1.82, 2.24) is 15.2 Å². The predicted molar refractivity (Wildman–Crippen MR) is 39.5 cm³/mol. The van der Waals surface area contributed by atoms with Crippen molar-refractivity contribution in [3.63, 3.8) is 0 Å². The van der Waals surface area contributed by atoms with Gasteiger partial charge in [-0.15, -0.1) is 5.10 Å². The molecule has 0 atom stereocenters. The van der Waals surface area contributed by atoms with Gasteiger partial charge in [-0.2, -0.15) is 0 Å². The Balaban J connectivity index is 2.50. The molecule has 0 aliphatic heterocycles. The molecule has 0 aliphatic carbocycles. The van der Waals surface area contributed by atoms with Crippen molar-refractivity contribution in [3.8, 4) is 11.7 Å². The van der Waals surface area contributed by atoms with Crippen LogP contribution in [0.3, 0.4) is 0 Å². The molecule has 2 aromatic heterocycles. The Kier molecular flexibility index (Phi) is 1.58. The van der Waals surface area contributed by atoms with Crippen molar-refractivity contribution >= 4 is 11.6 Å². The molecule has 0 aliphatic rings. The molecule has 62 valence electrons. The van der Waals surface area contributed by atoms with E-state index >= 15 is 0 Å². The third-order valence-electron chi connectivity index (χ3n) is 1.34. The minimum atomic E-state index is -0.0131. The molecule has 0 unspecified atom stereocenters. The Morgan fingerprint density at radius 3 is 2.75 bits per heavy atom. The number of oxazole rings is 1. The van der Waals surface area contributed by atoms with Gasteiger partial charge in [-0.3, -0.25) is 0 Å². The van der Waals surface area contributed by atoms with Crippen molar-refractivity contribution in [1.29, 1.82) is 0 Å². The molecule has 0 saturated carbocycles. The second kappa shape index (κ2) is 2.60. The van der Waals surface area contributed by atoms with Crippen molar-refractivity contribution in [2.24, 2.45) is 0 Å². The van der Waals surface area contributed by atoms with Crippen molar-refractivity contribution in [2.45, 2.75) is 6.92 Å². The van der Waals surface area contributed by atoms with Gasteiger partial charge >= 0.3 is 5.35 Å². The summed E-state index contributed by atoms with van der Waals surface area (Å²) in [5.74, 6) is 0.699. The first-order chi connectivity index (χ1) is 5.77. The maximum absolute atomic E-state index is 5.43. The first-order valence-corrected chi connectivity index (χ1v) is 3.54. The summed E-state index contributed by atoms with van der Waals surface area (Å²) in [7, 11) is 0. The van der Waals surface area contributed by atoms with Crippen LogP contribution >= 0.6 is 11.6 Å². The topological polar surface area (TPSA) is 65.0 Å². The SMILES string of the molecule is Cc1ncoc1-c1nnc(Cl)o1. The van der Waals surface area contributed by atoms with E-state index in [1.165, 1.54) is 6.39 Å². The van der Waals surface area contributed by atoms with E-state index in [0.717, 1.165) is 0 Å². The first-order valence-electron chi connectivity index (χ1n) is 3.17. The molecule has 2 heterocycles.